The molecular weight excluding hydrogens is 1330 g/mol. The van der Waals surface area contributed by atoms with Gasteiger partial charge in [-0.05, 0) is 109 Å². The summed E-state index contributed by atoms with van der Waals surface area (Å²) in [5, 5.41) is 1.51. The van der Waals surface area contributed by atoms with E-state index in [-0.39, 0.29) is 89.8 Å². The van der Waals surface area contributed by atoms with E-state index in [1.54, 1.807) is 86.6 Å². The average Bonchev–Trinajstić information content (AvgIpc) is 2.06. The number of pyridine rings is 2. The second kappa shape index (κ2) is 28.4. The Morgan fingerprint density at radius 2 is 0.909 bits per heavy atom. The van der Waals surface area contributed by atoms with Gasteiger partial charge in [-0.3, -0.25) is 33.0 Å². The maximum atomic E-state index is 15.6. The molecule has 0 fully saturated rings. The lowest BCUT2D eigenvalue weighted by atomic mass is 10.00. The molecule has 0 amide bonds. The minimum Gasteiger partial charge on any atom is -0.396 e. The lowest BCUT2D eigenvalue weighted by Crippen LogP contribution is -2.18. The molecule has 4 heterocycles. The summed E-state index contributed by atoms with van der Waals surface area (Å²) in [6.07, 6.45) is 6.06. The quantitative estimate of drug-likeness (QED) is 0.0453. The highest BCUT2D eigenvalue weighted by Gasteiger charge is 2.31. The number of aromatic nitrogens is 4. The number of nitrogens with one attached hydrogen (secondary N) is 1. The van der Waals surface area contributed by atoms with Gasteiger partial charge in [0, 0.05) is 67.4 Å². The molecule has 88 heavy (non-hydrogen) atoms. The van der Waals surface area contributed by atoms with Gasteiger partial charge in [0.25, 0.3) is 11.8 Å². The summed E-state index contributed by atoms with van der Waals surface area (Å²) in [5.74, 6) is -8.76. The van der Waals surface area contributed by atoms with E-state index in [9.17, 15) is 44.8 Å². The van der Waals surface area contributed by atoms with Gasteiger partial charge in [-0.1, -0.05) is 127 Å². The fraction of sp³-hybridized carbons (Fsp3) is 0.115. The summed E-state index contributed by atoms with van der Waals surface area (Å²) < 4.78 is 109. The highest BCUT2D eigenvalue weighted by atomic mass is 35.7. The highest BCUT2D eigenvalue weighted by molar-refractivity contribution is 8.13. The zero-order valence-corrected chi connectivity index (χ0v) is 51.7. The molecule has 0 aliphatic rings. The number of nitrogens with zero attached hydrogens (tertiary/aromatic N) is 4. The molecule has 0 saturated carbocycles. The van der Waals surface area contributed by atoms with Crippen molar-refractivity contribution in [3.05, 3.63) is 233 Å². The first-order chi connectivity index (χ1) is 41.1. The molecule has 6 aromatic carbocycles. The van der Waals surface area contributed by atoms with Crippen LogP contribution in [0.3, 0.4) is 0 Å². The average molecular weight is 1380 g/mol. The van der Waals surface area contributed by atoms with Crippen LogP contribution in [0.15, 0.2) is 146 Å². The van der Waals surface area contributed by atoms with Crippen molar-refractivity contribution in [2.75, 3.05) is 22.0 Å². The molecule has 0 aliphatic carbocycles. The first kappa shape index (κ1) is 68.1. The number of ketones is 2. The van der Waals surface area contributed by atoms with Crippen molar-refractivity contribution in [1.29, 1.82) is 0 Å². The standard InChI is InChI=1S/C30H20Cl3F2N3O4S.C27H14Cl3F2N3O2.C3H7ClO2S.CH4/c1-2-12-43(41,42)37-24-11-10-23(34)26(27(24)35)28(39)20-15-38(30(40)25-21(32)4-3-5-22(25)33)29-19(20)13-17(14-36-29)16-6-8-18(31)9-7-16;28-15-6-4-13(5-7-15)14-10-16-17(25(36)23-20(31)8-9-21(33)24(23)32)12-35(26(16)34-11-14)27(37)22-18(29)2-1-3-19(22)30;1-2-3-7(4,5)6;/h3-11,13-15,37H,2,12H2,1H3;1-12H,33H2;2-3H2,1H3;1H4. The summed E-state index contributed by atoms with van der Waals surface area (Å²) >= 11 is 37.0. The largest absolute Gasteiger partial charge is 0.396 e. The fourth-order valence-corrected chi connectivity index (χ4v) is 12.2. The number of sulfonamides is 1. The van der Waals surface area contributed by atoms with Gasteiger partial charge in [0.2, 0.25) is 30.6 Å². The number of hydrogen-bond donors (Lipinski definition) is 2. The summed E-state index contributed by atoms with van der Waals surface area (Å²) in [5.41, 5.74) is 4.71. The van der Waals surface area contributed by atoms with E-state index in [1.807, 2.05) is 0 Å². The Balaban J connectivity index is 0.000000226. The molecule has 14 nitrogen and oxygen atoms in total. The van der Waals surface area contributed by atoms with Crippen LogP contribution in [0.2, 0.25) is 30.1 Å². The van der Waals surface area contributed by atoms with Gasteiger partial charge in [-0.2, -0.15) is 0 Å². The van der Waals surface area contributed by atoms with Crippen LogP contribution >= 0.6 is 80.3 Å². The van der Waals surface area contributed by atoms with Crippen LogP contribution < -0.4 is 10.5 Å². The predicted molar refractivity (Wildman–Crippen MR) is 341 cm³/mol. The summed E-state index contributed by atoms with van der Waals surface area (Å²) in [4.78, 5) is 63.4. The van der Waals surface area contributed by atoms with Gasteiger partial charge >= 0.3 is 0 Å². The van der Waals surface area contributed by atoms with Crippen molar-refractivity contribution in [1.82, 2.24) is 19.1 Å². The van der Waals surface area contributed by atoms with Crippen LogP contribution in [0.1, 0.15) is 86.7 Å². The van der Waals surface area contributed by atoms with Gasteiger partial charge in [0.15, 0.2) is 11.6 Å². The molecule has 0 spiro atoms. The smallest absolute Gasteiger partial charge is 0.266 e. The SMILES string of the molecule is C.CCCS(=O)(=O)Cl.CCCS(=O)(=O)Nc1ccc(F)c(C(=O)c2cn(C(=O)c3c(Cl)cccc3Cl)c3ncc(-c4ccc(Cl)cc4)cc23)c1F.Nc1ccc(F)c(C(=O)c2cn(C(=O)c3c(Cl)cccc3Cl)c3ncc(-c4ccc(Cl)cc4)cc23)c1F. The number of carbonyl (C=O) groups excluding carboxylic acids is 4. The molecule has 10 aromatic rings. The summed E-state index contributed by atoms with van der Waals surface area (Å²) in [7, 11) is -2.36. The maximum absolute atomic E-state index is 15.6. The van der Waals surface area contributed by atoms with Crippen molar-refractivity contribution < 1.29 is 53.6 Å². The molecule has 27 heteroatoms. The van der Waals surface area contributed by atoms with Gasteiger partial charge in [-0.15, -0.1) is 0 Å². The molecule has 0 atom stereocenters. The number of hydrogen-bond acceptors (Lipinski definition) is 11. The second-order valence-electron chi connectivity index (χ2n) is 18.8. The maximum Gasteiger partial charge on any atom is 0.266 e. The third-order valence-electron chi connectivity index (χ3n) is 12.8. The van der Waals surface area contributed by atoms with E-state index in [0.717, 1.165) is 45.8 Å². The Labute approximate surface area is 536 Å². The Kier molecular flexibility index (Phi) is 22.0. The van der Waals surface area contributed by atoms with Gasteiger partial charge < -0.3 is 5.73 Å². The zero-order chi connectivity index (χ0) is 63.4. The Bertz CT molecular complexity index is 4590. The highest BCUT2D eigenvalue weighted by Crippen LogP contribution is 2.36. The number of rotatable bonds is 14. The van der Waals surface area contributed by atoms with Crippen molar-refractivity contribution in [2.45, 2.75) is 34.1 Å². The topological polar surface area (TPSA) is 210 Å². The van der Waals surface area contributed by atoms with E-state index in [2.05, 4.69) is 14.7 Å². The molecule has 0 bridgehead atoms. The Morgan fingerprint density at radius 3 is 1.28 bits per heavy atom. The number of halogens is 11. The van der Waals surface area contributed by atoms with Gasteiger partial charge in [-0.25, -0.2) is 44.4 Å². The minimum absolute atomic E-state index is 0. The van der Waals surface area contributed by atoms with Gasteiger partial charge in [0.1, 0.15) is 22.9 Å². The molecule has 0 aliphatic heterocycles. The van der Waals surface area contributed by atoms with Crippen LogP contribution in [0, 0.1) is 23.3 Å². The number of benzene rings is 6. The number of fused-ring (bicyclic) bond motifs is 2. The number of nitrogen functional groups attached to an aromatic ring is 1. The zero-order valence-electron chi connectivity index (χ0n) is 44.8. The second-order valence-corrected chi connectivity index (χ2v) is 26.0. The third kappa shape index (κ3) is 15.0. The van der Waals surface area contributed by atoms with E-state index >= 15 is 8.78 Å². The summed E-state index contributed by atoms with van der Waals surface area (Å²) in [6.45, 7) is 3.38. The lowest BCUT2D eigenvalue weighted by molar-refractivity contribution is 0.0955. The molecule has 0 unspecified atom stereocenters. The molecule has 4 aromatic heterocycles. The summed E-state index contributed by atoms with van der Waals surface area (Å²) in [6, 6.07) is 29.3. The van der Waals surface area contributed by atoms with E-state index < -0.39 is 88.2 Å². The molecule has 0 radical (unpaired) electrons. The van der Waals surface area contributed by atoms with Crippen molar-refractivity contribution in [3.8, 4) is 22.3 Å². The molecule has 456 valence electrons. The van der Waals surface area contributed by atoms with Crippen LogP contribution in [-0.2, 0) is 19.1 Å². The van der Waals surface area contributed by atoms with E-state index in [0.29, 0.717) is 38.7 Å². The molecule has 0 saturated heterocycles. The van der Waals surface area contributed by atoms with Gasteiger partial charge in [0.05, 0.1) is 76.4 Å². The molecule has 10 rings (SSSR count). The normalized spacial score (nSPS) is 11.3. The first-order valence-corrected chi connectivity index (χ1v) is 31.8. The van der Waals surface area contributed by atoms with Crippen LogP contribution in [0.25, 0.3) is 44.3 Å². The van der Waals surface area contributed by atoms with E-state index in [4.69, 9.17) is 86.0 Å². The molecule has 3 N–H and O–H groups in total. The Hall–Kier alpha value is -7.37. The van der Waals surface area contributed by atoms with E-state index in [1.165, 1.54) is 36.7 Å². The lowest BCUT2D eigenvalue weighted by Gasteiger charge is -2.11. The van der Waals surface area contributed by atoms with Crippen LogP contribution in [0.5, 0.6) is 0 Å². The monoisotopic (exact) mass is 1370 g/mol. The van der Waals surface area contributed by atoms with Crippen LogP contribution in [0.4, 0.5) is 28.9 Å². The van der Waals surface area contributed by atoms with Crippen molar-refractivity contribution in [3.63, 3.8) is 0 Å². The first-order valence-electron chi connectivity index (χ1n) is 25.4. The van der Waals surface area contributed by atoms with Crippen LogP contribution in [-0.4, -0.2) is 70.8 Å². The fourth-order valence-electron chi connectivity index (χ4n) is 8.75. The van der Waals surface area contributed by atoms with Crippen molar-refractivity contribution in [2.24, 2.45) is 0 Å². The third-order valence-corrected chi connectivity index (χ3v) is 17.4. The minimum atomic E-state index is -3.96. The predicted octanol–water partition coefficient (Wildman–Crippen LogP) is 17.1. The Morgan fingerprint density at radius 1 is 0.523 bits per heavy atom. The number of nitrogens with two attached hydrogens (primary N) is 1. The van der Waals surface area contributed by atoms with Crippen molar-refractivity contribution >= 4 is 156 Å². The molecular formula is C61H45Cl7F4N6O8S2. The number of carbonyl (C=O) groups is 4. The number of anilines is 2.